The van der Waals surface area contributed by atoms with Crippen LogP contribution < -0.4 is 5.32 Å². The van der Waals surface area contributed by atoms with Crippen LogP contribution in [0.1, 0.15) is 48.8 Å². The molecule has 2 aromatic rings. The van der Waals surface area contributed by atoms with Gasteiger partial charge in [-0.3, -0.25) is 4.79 Å². The van der Waals surface area contributed by atoms with Crippen molar-refractivity contribution in [3.63, 3.8) is 0 Å². The molecule has 0 bridgehead atoms. The summed E-state index contributed by atoms with van der Waals surface area (Å²) < 4.78 is 1.00. The van der Waals surface area contributed by atoms with Crippen LogP contribution in [0.3, 0.4) is 0 Å². The van der Waals surface area contributed by atoms with Gasteiger partial charge in [-0.05, 0) is 59.9 Å². The first-order valence-corrected chi connectivity index (χ1v) is 10.7. The third kappa shape index (κ3) is 4.69. The number of carbonyl (C=O) groups excluding carboxylic acids is 1. The lowest BCUT2D eigenvalue weighted by molar-refractivity contribution is -0.111. The summed E-state index contributed by atoms with van der Waals surface area (Å²) in [6.07, 6.45) is 6.29. The number of thiophene rings is 1. The Morgan fingerprint density at radius 3 is 2.67 bits per heavy atom. The maximum Gasteiger partial charge on any atom is 0.249 e. The van der Waals surface area contributed by atoms with Crippen molar-refractivity contribution in [1.29, 1.82) is 5.26 Å². The number of anilines is 1. The highest BCUT2D eigenvalue weighted by molar-refractivity contribution is 9.10. The summed E-state index contributed by atoms with van der Waals surface area (Å²) in [5.41, 5.74) is 2.99. The lowest BCUT2D eigenvalue weighted by Gasteiger charge is -2.33. The molecule has 5 heteroatoms. The number of nitriles is 1. The predicted molar refractivity (Wildman–Crippen MR) is 116 cm³/mol. The number of carbonyl (C=O) groups is 1. The fraction of sp³-hybridized carbons (Fsp3) is 0.364. The van der Waals surface area contributed by atoms with Crippen LogP contribution in [0.2, 0.25) is 0 Å². The molecule has 140 valence electrons. The second-order valence-corrected chi connectivity index (χ2v) is 10.0. The van der Waals surface area contributed by atoms with Gasteiger partial charge in [0.05, 0.1) is 5.56 Å². The molecule has 1 aliphatic carbocycles. The minimum absolute atomic E-state index is 0.208. The van der Waals surface area contributed by atoms with Gasteiger partial charge >= 0.3 is 0 Å². The average molecular weight is 443 g/mol. The Bertz CT molecular complexity index is 914. The van der Waals surface area contributed by atoms with E-state index in [1.165, 1.54) is 11.0 Å². The smallest absolute Gasteiger partial charge is 0.249 e. The van der Waals surface area contributed by atoms with E-state index < -0.39 is 0 Å². The Labute approximate surface area is 173 Å². The Balaban J connectivity index is 1.76. The molecule has 1 aromatic heterocycles. The number of nitrogens with one attached hydrogen (secondary N) is 1. The van der Waals surface area contributed by atoms with Crippen LogP contribution in [0.5, 0.6) is 0 Å². The highest BCUT2D eigenvalue weighted by Gasteiger charge is 2.32. The minimum Gasteiger partial charge on any atom is -0.313 e. The highest BCUT2D eigenvalue weighted by atomic mass is 79.9. The highest BCUT2D eigenvalue weighted by Crippen LogP contribution is 2.43. The summed E-state index contributed by atoms with van der Waals surface area (Å²) in [5.74, 6) is 0.399. The van der Waals surface area contributed by atoms with E-state index in [2.05, 4.69) is 48.1 Å². The fourth-order valence-electron chi connectivity index (χ4n) is 3.43. The van der Waals surface area contributed by atoms with Gasteiger partial charge < -0.3 is 5.32 Å². The van der Waals surface area contributed by atoms with Crippen molar-refractivity contribution in [2.45, 2.75) is 40.0 Å². The van der Waals surface area contributed by atoms with E-state index in [-0.39, 0.29) is 11.3 Å². The van der Waals surface area contributed by atoms with Crippen molar-refractivity contribution in [3.8, 4) is 6.07 Å². The lowest BCUT2D eigenvalue weighted by Crippen LogP contribution is -2.26. The van der Waals surface area contributed by atoms with Gasteiger partial charge in [0.25, 0.3) is 0 Å². The first-order chi connectivity index (χ1) is 12.8. The van der Waals surface area contributed by atoms with Crippen molar-refractivity contribution in [3.05, 3.63) is 56.4 Å². The molecular weight excluding hydrogens is 420 g/mol. The minimum atomic E-state index is -0.208. The van der Waals surface area contributed by atoms with Gasteiger partial charge in [-0.1, -0.05) is 48.8 Å². The maximum absolute atomic E-state index is 12.3. The SMILES string of the molecule is CC(C)(C)C1CCc2c(sc(NC(=O)/C=C/c3ccc(Br)cc3)c2C#N)C1. The topological polar surface area (TPSA) is 52.9 Å². The molecule has 1 N–H and O–H groups in total. The molecule has 0 saturated carbocycles. The van der Waals surface area contributed by atoms with Crippen LogP contribution in [0, 0.1) is 22.7 Å². The van der Waals surface area contributed by atoms with Gasteiger partial charge in [0, 0.05) is 15.4 Å². The Hall–Kier alpha value is -1.90. The average Bonchev–Trinajstić information content (AvgIpc) is 2.96. The molecule has 27 heavy (non-hydrogen) atoms. The van der Waals surface area contributed by atoms with Crippen molar-refractivity contribution in [2.75, 3.05) is 5.32 Å². The molecule has 0 spiro atoms. The lowest BCUT2D eigenvalue weighted by atomic mass is 9.72. The van der Waals surface area contributed by atoms with Crippen LogP contribution in [0.15, 0.2) is 34.8 Å². The third-order valence-corrected chi connectivity index (χ3v) is 6.83. The molecular formula is C22H23BrN2OS. The molecule has 3 nitrogen and oxygen atoms in total. The molecule has 0 radical (unpaired) electrons. The maximum atomic E-state index is 12.3. The summed E-state index contributed by atoms with van der Waals surface area (Å²) in [6.45, 7) is 6.82. The van der Waals surface area contributed by atoms with E-state index in [0.29, 0.717) is 16.5 Å². The second-order valence-electron chi connectivity index (χ2n) is 8.00. The van der Waals surface area contributed by atoms with E-state index in [1.54, 1.807) is 17.4 Å². The zero-order valence-electron chi connectivity index (χ0n) is 15.8. The molecule has 0 fully saturated rings. The zero-order chi connectivity index (χ0) is 19.6. The van der Waals surface area contributed by atoms with Crippen LogP contribution in [-0.2, 0) is 17.6 Å². The molecule has 3 rings (SSSR count). The Kier molecular flexibility index (Phi) is 5.88. The molecule has 1 heterocycles. The molecule has 1 aliphatic rings. The van der Waals surface area contributed by atoms with Crippen LogP contribution >= 0.6 is 27.3 Å². The van der Waals surface area contributed by atoms with Crippen molar-refractivity contribution >= 4 is 44.3 Å². The number of amides is 1. The van der Waals surface area contributed by atoms with E-state index in [4.69, 9.17) is 0 Å². The monoisotopic (exact) mass is 442 g/mol. The number of fused-ring (bicyclic) bond motifs is 1. The fourth-order valence-corrected chi connectivity index (χ4v) is 4.98. The summed E-state index contributed by atoms with van der Waals surface area (Å²) in [7, 11) is 0. The number of nitrogens with zero attached hydrogens (tertiary/aromatic N) is 1. The molecule has 1 unspecified atom stereocenters. The van der Waals surface area contributed by atoms with Gasteiger partial charge in [-0.25, -0.2) is 0 Å². The molecule has 0 aliphatic heterocycles. The van der Waals surface area contributed by atoms with Gasteiger partial charge in [-0.2, -0.15) is 5.26 Å². The van der Waals surface area contributed by atoms with E-state index >= 15 is 0 Å². The van der Waals surface area contributed by atoms with Crippen LogP contribution in [0.4, 0.5) is 5.00 Å². The van der Waals surface area contributed by atoms with Crippen molar-refractivity contribution in [1.82, 2.24) is 0 Å². The van der Waals surface area contributed by atoms with Gasteiger partial charge in [0.15, 0.2) is 0 Å². The summed E-state index contributed by atoms with van der Waals surface area (Å²) >= 11 is 4.96. The first kappa shape index (κ1) is 19.9. The van der Waals surface area contributed by atoms with E-state index in [9.17, 15) is 10.1 Å². The summed E-state index contributed by atoms with van der Waals surface area (Å²) in [5, 5.41) is 13.2. The van der Waals surface area contributed by atoms with Crippen LogP contribution in [-0.4, -0.2) is 5.91 Å². The van der Waals surface area contributed by atoms with Gasteiger partial charge in [-0.15, -0.1) is 11.3 Å². The normalized spacial score (nSPS) is 16.8. The third-order valence-electron chi connectivity index (χ3n) is 5.14. The van der Waals surface area contributed by atoms with Crippen molar-refractivity contribution < 1.29 is 4.79 Å². The largest absolute Gasteiger partial charge is 0.313 e. The van der Waals surface area contributed by atoms with E-state index in [1.807, 2.05) is 24.3 Å². The molecule has 1 aromatic carbocycles. The van der Waals surface area contributed by atoms with Crippen molar-refractivity contribution in [2.24, 2.45) is 11.3 Å². The molecule has 1 atom stereocenters. The quantitative estimate of drug-likeness (QED) is 0.576. The number of rotatable bonds is 3. The number of halogens is 1. The van der Waals surface area contributed by atoms with Crippen LogP contribution in [0.25, 0.3) is 6.08 Å². The standard InChI is InChI=1S/C22H23BrN2OS/c1-22(2,3)15-7-10-17-18(13-24)21(27-19(17)12-15)25-20(26)11-6-14-4-8-16(23)9-5-14/h4-6,8-9,11,15H,7,10,12H2,1-3H3,(H,25,26)/b11-6+. The molecule has 0 saturated heterocycles. The number of hydrogen-bond acceptors (Lipinski definition) is 3. The first-order valence-electron chi connectivity index (χ1n) is 9.07. The Morgan fingerprint density at radius 1 is 1.33 bits per heavy atom. The van der Waals surface area contributed by atoms with Gasteiger partial charge in [0.1, 0.15) is 11.1 Å². The number of hydrogen-bond donors (Lipinski definition) is 1. The van der Waals surface area contributed by atoms with Gasteiger partial charge in [0.2, 0.25) is 5.91 Å². The predicted octanol–water partition coefficient (Wildman–Crippen LogP) is 6.19. The molecule has 1 amide bonds. The number of benzene rings is 1. The van der Waals surface area contributed by atoms with E-state index in [0.717, 1.165) is 34.9 Å². The Morgan fingerprint density at radius 2 is 2.04 bits per heavy atom. The summed E-state index contributed by atoms with van der Waals surface area (Å²) in [4.78, 5) is 13.6. The second kappa shape index (κ2) is 8.00. The zero-order valence-corrected chi connectivity index (χ0v) is 18.2. The summed E-state index contributed by atoms with van der Waals surface area (Å²) in [6, 6.07) is 10.0.